The van der Waals surface area contributed by atoms with Gasteiger partial charge >= 0.3 is 5.97 Å². The van der Waals surface area contributed by atoms with Crippen molar-refractivity contribution in [2.45, 2.75) is 6.61 Å². The van der Waals surface area contributed by atoms with Gasteiger partial charge in [0.05, 0.1) is 5.56 Å². The van der Waals surface area contributed by atoms with E-state index in [0.29, 0.717) is 0 Å². The molecule has 2 aromatic rings. The standard InChI is InChI=1S/C14H11NO3/c16-14(12-8-4-5-9-13(12)15-17)18-10-11-6-2-1-3-7-11/h1-9H,10H2. The molecule has 2 aromatic carbocycles. The molecule has 0 aliphatic rings. The first kappa shape index (κ1) is 12.0. The van der Waals surface area contributed by atoms with Crippen LogP contribution in [0.3, 0.4) is 0 Å². The molecule has 2 rings (SSSR count). The maximum Gasteiger partial charge on any atom is 0.340 e. The summed E-state index contributed by atoms with van der Waals surface area (Å²) in [5, 5.41) is 2.80. The fourth-order valence-electron chi connectivity index (χ4n) is 1.53. The first-order valence-corrected chi connectivity index (χ1v) is 5.44. The molecule has 0 unspecified atom stereocenters. The van der Waals surface area contributed by atoms with E-state index in [1.165, 1.54) is 12.1 Å². The molecule has 0 radical (unpaired) electrons. The summed E-state index contributed by atoms with van der Waals surface area (Å²) in [4.78, 5) is 22.3. The fraction of sp³-hybridized carbons (Fsp3) is 0.0714. The van der Waals surface area contributed by atoms with Crippen LogP contribution in [0.4, 0.5) is 5.69 Å². The van der Waals surface area contributed by atoms with E-state index in [-0.39, 0.29) is 17.9 Å². The molecule has 0 aromatic heterocycles. The van der Waals surface area contributed by atoms with E-state index in [1.54, 1.807) is 12.1 Å². The lowest BCUT2D eigenvalue weighted by Gasteiger charge is -2.05. The van der Waals surface area contributed by atoms with Gasteiger partial charge in [-0.05, 0) is 22.9 Å². The minimum absolute atomic E-state index is 0.0931. The van der Waals surface area contributed by atoms with E-state index in [2.05, 4.69) is 5.18 Å². The number of hydrogen-bond donors (Lipinski definition) is 0. The van der Waals surface area contributed by atoms with Crippen LogP contribution in [0.25, 0.3) is 0 Å². The number of hydrogen-bond acceptors (Lipinski definition) is 4. The second-order valence-corrected chi connectivity index (χ2v) is 3.67. The van der Waals surface area contributed by atoms with Crippen molar-refractivity contribution in [2.24, 2.45) is 5.18 Å². The van der Waals surface area contributed by atoms with Gasteiger partial charge in [-0.25, -0.2) is 4.79 Å². The highest BCUT2D eigenvalue weighted by atomic mass is 16.5. The Morgan fingerprint density at radius 1 is 1.00 bits per heavy atom. The molecule has 0 fully saturated rings. The Morgan fingerprint density at radius 3 is 2.39 bits per heavy atom. The van der Waals surface area contributed by atoms with Gasteiger partial charge in [-0.3, -0.25) is 0 Å². The van der Waals surface area contributed by atoms with Gasteiger partial charge in [-0.1, -0.05) is 42.5 Å². The number of nitroso groups, excluding NO2 is 1. The van der Waals surface area contributed by atoms with Gasteiger partial charge in [0.25, 0.3) is 0 Å². The Labute approximate surface area is 104 Å². The van der Waals surface area contributed by atoms with Crippen molar-refractivity contribution in [3.63, 3.8) is 0 Å². The van der Waals surface area contributed by atoms with Crippen LogP contribution in [0.1, 0.15) is 15.9 Å². The van der Waals surface area contributed by atoms with Crippen LogP contribution in [0, 0.1) is 4.91 Å². The number of carbonyl (C=O) groups is 1. The molecule has 4 nitrogen and oxygen atoms in total. The maximum absolute atomic E-state index is 11.8. The first-order valence-electron chi connectivity index (χ1n) is 5.44. The van der Waals surface area contributed by atoms with Crippen LogP contribution >= 0.6 is 0 Å². The van der Waals surface area contributed by atoms with E-state index in [4.69, 9.17) is 4.74 Å². The second kappa shape index (κ2) is 5.72. The van der Waals surface area contributed by atoms with Crippen molar-refractivity contribution in [3.8, 4) is 0 Å². The topological polar surface area (TPSA) is 55.7 Å². The predicted molar refractivity (Wildman–Crippen MR) is 67.5 cm³/mol. The van der Waals surface area contributed by atoms with Crippen LogP contribution in [0.15, 0.2) is 59.8 Å². The summed E-state index contributed by atoms with van der Waals surface area (Å²) in [6.45, 7) is 0.173. The number of esters is 1. The third-order valence-corrected chi connectivity index (χ3v) is 2.44. The van der Waals surface area contributed by atoms with Gasteiger partial charge in [-0.2, -0.15) is 0 Å². The molecule has 0 aliphatic heterocycles. The predicted octanol–water partition coefficient (Wildman–Crippen LogP) is 3.44. The summed E-state index contributed by atoms with van der Waals surface area (Å²) in [5.74, 6) is -0.547. The number of rotatable bonds is 4. The van der Waals surface area contributed by atoms with Crippen molar-refractivity contribution >= 4 is 11.7 Å². The highest BCUT2D eigenvalue weighted by Crippen LogP contribution is 2.19. The number of benzene rings is 2. The SMILES string of the molecule is O=Nc1ccccc1C(=O)OCc1ccccc1. The summed E-state index contributed by atoms with van der Waals surface area (Å²) >= 11 is 0. The fourth-order valence-corrected chi connectivity index (χ4v) is 1.53. The van der Waals surface area contributed by atoms with Crippen molar-refractivity contribution in [1.82, 2.24) is 0 Å². The van der Waals surface area contributed by atoms with Crippen molar-refractivity contribution in [3.05, 3.63) is 70.6 Å². The molecule has 0 bridgehead atoms. The molecule has 0 N–H and O–H groups in total. The molecule has 0 spiro atoms. The molecule has 0 saturated carbocycles. The highest BCUT2D eigenvalue weighted by Gasteiger charge is 2.12. The smallest absolute Gasteiger partial charge is 0.340 e. The van der Waals surface area contributed by atoms with Gasteiger partial charge < -0.3 is 4.74 Å². The van der Waals surface area contributed by atoms with Gasteiger partial charge in [0.2, 0.25) is 0 Å². The average Bonchev–Trinajstić information content (AvgIpc) is 2.45. The molecule has 0 heterocycles. The van der Waals surface area contributed by atoms with Crippen molar-refractivity contribution < 1.29 is 9.53 Å². The number of nitrogens with zero attached hydrogens (tertiary/aromatic N) is 1. The molecule has 0 atom stereocenters. The third kappa shape index (κ3) is 2.79. The van der Waals surface area contributed by atoms with E-state index >= 15 is 0 Å². The van der Waals surface area contributed by atoms with Crippen LogP contribution in [-0.2, 0) is 11.3 Å². The number of carbonyl (C=O) groups excluding carboxylic acids is 1. The zero-order valence-electron chi connectivity index (χ0n) is 9.58. The normalized spacial score (nSPS) is 9.78. The van der Waals surface area contributed by atoms with Gasteiger partial charge in [0, 0.05) is 0 Å². The number of ether oxygens (including phenoxy) is 1. The Morgan fingerprint density at radius 2 is 1.67 bits per heavy atom. The summed E-state index contributed by atoms with van der Waals surface area (Å²) < 4.78 is 5.12. The lowest BCUT2D eigenvalue weighted by Crippen LogP contribution is -2.05. The first-order chi connectivity index (χ1) is 8.81. The Balaban J connectivity index is 2.06. The lowest BCUT2D eigenvalue weighted by molar-refractivity contribution is 0.0474. The summed E-state index contributed by atoms with van der Waals surface area (Å²) in [7, 11) is 0. The van der Waals surface area contributed by atoms with Crippen LogP contribution in [-0.4, -0.2) is 5.97 Å². The van der Waals surface area contributed by atoms with Crippen molar-refractivity contribution in [1.29, 1.82) is 0 Å². The Kier molecular flexibility index (Phi) is 3.81. The quantitative estimate of drug-likeness (QED) is 0.608. The zero-order chi connectivity index (χ0) is 12.8. The van der Waals surface area contributed by atoms with Gasteiger partial charge in [0.1, 0.15) is 12.3 Å². The minimum Gasteiger partial charge on any atom is -0.457 e. The summed E-state index contributed by atoms with van der Waals surface area (Å²) in [5.41, 5.74) is 1.17. The van der Waals surface area contributed by atoms with Crippen LogP contribution in [0.5, 0.6) is 0 Å². The molecule has 90 valence electrons. The average molecular weight is 241 g/mol. The molecule has 4 heteroatoms. The maximum atomic E-state index is 11.8. The second-order valence-electron chi connectivity index (χ2n) is 3.67. The molecule has 0 amide bonds. The van der Waals surface area contributed by atoms with Gasteiger partial charge in [0.15, 0.2) is 0 Å². The molecule has 0 aliphatic carbocycles. The molecular weight excluding hydrogens is 230 g/mol. The summed E-state index contributed by atoms with van der Waals surface area (Å²) in [6, 6.07) is 15.6. The van der Waals surface area contributed by atoms with E-state index in [1.807, 2.05) is 30.3 Å². The third-order valence-electron chi connectivity index (χ3n) is 2.44. The van der Waals surface area contributed by atoms with Crippen LogP contribution in [0.2, 0.25) is 0 Å². The highest BCUT2D eigenvalue weighted by molar-refractivity contribution is 5.94. The van der Waals surface area contributed by atoms with Crippen LogP contribution < -0.4 is 0 Å². The Bertz CT molecular complexity index is 552. The summed E-state index contributed by atoms with van der Waals surface area (Å²) in [6.07, 6.45) is 0. The van der Waals surface area contributed by atoms with Crippen molar-refractivity contribution in [2.75, 3.05) is 0 Å². The van der Waals surface area contributed by atoms with Gasteiger partial charge in [-0.15, -0.1) is 4.91 Å². The Hall–Kier alpha value is -2.49. The zero-order valence-corrected chi connectivity index (χ0v) is 9.58. The largest absolute Gasteiger partial charge is 0.457 e. The molecular formula is C14H11NO3. The van der Waals surface area contributed by atoms with E-state index in [0.717, 1.165) is 5.56 Å². The molecule has 0 saturated heterocycles. The minimum atomic E-state index is -0.547. The monoisotopic (exact) mass is 241 g/mol. The molecule has 18 heavy (non-hydrogen) atoms. The van der Waals surface area contributed by atoms with E-state index in [9.17, 15) is 9.70 Å². The lowest BCUT2D eigenvalue weighted by atomic mass is 10.2. The van der Waals surface area contributed by atoms with E-state index < -0.39 is 5.97 Å².